The van der Waals surface area contributed by atoms with Gasteiger partial charge in [0.15, 0.2) is 5.17 Å². The summed E-state index contributed by atoms with van der Waals surface area (Å²) in [4.78, 5) is 18.1. The van der Waals surface area contributed by atoms with Gasteiger partial charge in [-0.3, -0.25) is 10.2 Å². The molecular weight excluding hydrogens is 390 g/mol. The number of rotatable bonds is 2. The molecular formula is C17H12ClN5OS2. The number of benzene rings is 1. The quantitative estimate of drug-likeness (QED) is 0.608. The highest BCUT2D eigenvalue weighted by atomic mass is 35.5. The summed E-state index contributed by atoms with van der Waals surface area (Å²) in [5.41, 5.74) is 1.85. The Kier molecular flexibility index (Phi) is 4.47. The van der Waals surface area contributed by atoms with Crippen LogP contribution in [-0.4, -0.2) is 37.8 Å². The lowest BCUT2D eigenvalue weighted by atomic mass is 10.1. The maximum Gasteiger partial charge on any atom is 0.283 e. The largest absolute Gasteiger partial charge is 0.317 e. The van der Waals surface area contributed by atoms with E-state index in [0.717, 1.165) is 23.3 Å². The van der Waals surface area contributed by atoms with Crippen molar-refractivity contribution in [3.8, 4) is 5.69 Å². The number of nitrogens with one attached hydrogen (secondary N) is 1. The van der Waals surface area contributed by atoms with Gasteiger partial charge in [-0.15, -0.1) is 0 Å². The van der Waals surface area contributed by atoms with E-state index in [1.165, 1.54) is 11.8 Å². The van der Waals surface area contributed by atoms with Gasteiger partial charge in [-0.2, -0.15) is 9.39 Å². The summed E-state index contributed by atoms with van der Waals surface area (Å²) < 4.78 is 6.14. The molecule has 3 heterocycles. The molecule has 130 valence electrons. The first-order valence-corrected chi connectivity index (χ1v) is 9.92. The number of carbonyl (C=O) groups is 1. The van der Waals surface area contributed by atoms with Gasteiger partial charge in [0.2, 0.25) is 5.17 Å². The van der Waals surface area contributed by atoms with Crippen molar-refractivity contribution in [3.63, 3.8) is 0 Å². The van der Waals surface area contributed by atoms with Crippen LogP contribution in [0.3, 0.4) is 0 Å². The molecule has 1 amide bonds. The molecule has 0 aliphatic carbocycles. The van der Waals surface area contributed by atoms with E-state index >= 15 is 0 Å². The van der Waals surface area contributed by atoms with Crippen LogP contribution >= 0.6 is 35.3 Å². The van der Waals surface area contributed by atoms with Gasteiger partial charge in [-0.05, 0) is 42.7 Å². The summed E-state index contributed by atoms with van der Waals surface area (Å²) in [5, 5.41) is 10.2. The van der Waals surface area contributed by atoms with E-state index in [1.807, 2.05) is 47.4 Å². The molecule has 1 aromatic carbocycles. The summed E-state index contributed by atoms with van der Waals surface area (Å²) in [6.45, 7) is 0. The summed E-state index contributed by atoms with van der Waals surface area (Å²) in [6, 6.07) is 11.2. The minimum absolute atomic E-state index is 0.0805. The smallest absolute Gasteiger partial charge is 0.283 e. The Morgan fingerprint density at radius 3 is 2.92 bits per heavy atom. The lowest BCUT2D eigenvalue weighted by Crippen LogP contribution is -2.41. The molecule has 0 bridgehead atoms. The van der Waals surface area contributed by atoms with Crippen molar-refractivity contribution < 1.29 is 4.79 Å². The van der Waals surface area contributed by atoms with Gasteiger partial charge in [0.1, 0.15) is 5.84 Å². The maximum atomic E-state index is 12.4. The number of fused-ring (bicyclic) bond motifs is 1. The monoisotopic (exact) mass is 401 g/mol. The van der Waals surface area contributed by atoms with Gasteiger partial charge in [0.25, 0.3) is 5.91 Å². The molecule has 0 saturated carbocycles. The molecule has 1 N–H and O–H groups in total. The van der Waals surface area contributed by atoms with Crippen LogP contribution < -0.4 is 0 Å². The normalized spacial score (nSPS) is 18.2. The standard InChI is InChI=1S/C17H12ClN5OS2/c1-25-17-21-26-16-20-15(24)13(14(19)23(16)17)9-12-6-3-7-22(12)11-5-2-4-10(18)8-11/h2-9,19H,1H3/b13-9-,19-14?. The Balaban J connectivity index is 1.76. The number of hydrogen-bond donors (Lipinski definition) is 1. The number of amidine groups is 3. The third-order valence-corrected chi connectivity index (χ3v) is 5.53. The lowest BCUT2D eigenvalue weighted by Gasteiger charge is -2.23. The number of halogens is 1. The Bertz CT molecular complexity index is 1020. The van der Waals surface area contributed by atoms with Gasteiger partial charge in [-0.1, -0.05) is 29.4 Å². The highest BCUT2D eigenvalue weighted by Gasteiger charge is 2.37. The average molecular weight is 402 g/mol. The van der Waals surface area contributed by atoms with Crippen molar-refractivity contribution in [1.82, 2.24) is 9.47 Å². The zero-order chi connectivity index (χ0) is 18.3. The van der Waals surface area contributed by atoms with E-state index < -0.39 is 5.91 Å². The molecule has 0 unspecified atom stereocenters. The predicted octanol–water partition coefficient (Wildman–Crippen LogP) is 4.07. The van der Waals surface area contributed by atoms with Crippen LogP contribution in [0.15, 0.2) is 57.6 Å². The second-order valence-electron chi connectivity index (χ2n) is 5.39. The van der Waals surface area contributed by atoms with Crippen molar-refractivity contribution in [2.24, 2.45) is 9.39 Å². The van der Waals surface area contributed by atoms with Crippen molar-refractivity contribution in [2.75, 3.05) is 6.26 Å². The molecule has 9 heteroatoms. The average Bonchev–Trinajstić information content (AvgIpc) is 3.25. The second-order valence-corrected chi connectivity index (χ2v) is 7.33. The molecule has 0 atom stereocenters. The van der Waals surface area contributed by atoms with Gasteiger partial charge in [-0.25, -0.2) is 4.90 Å². The molecule has 1 aromatic heterocycles. The van der Waals surface area contributed by atoms with Crippen LogP contribution in [0.5, 0.6) is 0 Å². The fourth-order valence-corrected chi connectivity index (χ4v) is 4.29. The Hall–Kier alpha value is -2.29. The first-order chi connectivity index (χ1) is 12.6. The zero-order valence-corrected chi connectivity index (χ0v) is 15.9. The molecule has 2 aliphatic rings. The highest BCUT2D eigenvalue weighted by molar-refractivity contribution is 8.18. The number of thioether (sulfide) groups is 1. The van der Waals surface area contributed by atoms with E-state index in [4.69, 9.17) is 17.0 Å². The predicted molar refractivity (Wildman–Crippen MR) is 109 cm³/mol. The van der Waals surface area contributed by atoms with E-state index in [1.54, 1.807) is 17.0 Å². The number of hydrogen-bond acceptors (Lipinski definition) is 5. The SMILES string of the molecule is CSC1=NSC2=NC(=O)/C(=C\c3cccn3-c3cccc(Cl)c3)C(=N)N12. The molecule has 2 aliphatic heterocycles. The van der Waals surface area contributed by atoms with Crippen LogP contribution in [0.1, 0.15) is 5.69 Å². The summed E-state index contributed by atoms with van der Waals surface area (Å²) >= 11 is 8.61. The first-order valence-electron chi connectivity index (χ1n) is 7.54. The van der Waals surface area contributed by atoms with Gasteiger partial charge in [0, 0.05) is 22.6 Å². The summed E-state index contributed by atoms with van der Waals surface area (Å²) in [7, 11) is 0. The van der Waals surface area contributed by atoms with Crippen molar-refractivity contribution >= 4 is 63.5 Å². The molecule has 6 nitrogen and oxygen atoms in total. The van der Waals surface area contributed by atoms with E-state index in [2.05, 4.69) is 9.39 Å². The number of aliphatic imine (C=N–C) groups is 1. The summed E-state index contributed by atoms with van der Waals surface area (Å²) in [5.74, 6) is -0.359. The van der Waals surface area contributed by atoms with E-state index in [0.29, 0.717) is 15.4 Å². The van der Waals surface area contributed by atoms with Crippen molar-refractivity contribution in [1.29, 1.82) is 5.41 Å². The highest BCUT2D eigenvalue weighted by Crippen LogP contribution is 2.31. The van der Waals surface area contributed by atoms with E-state index in [9.17, 15) is 4.79 Å². The van der Waals surface area contributed by atoms with Crippen molar-refractivity contribution in [2.45, 2.75) is 0 Å². The van der Waals surface area contributed by atoms with Gasteiger partial charge >= 0.3 is 0 Å². The number of amides is 1. The van der Waals surface area contributed by atoms with Crippen LogP contribution in [-0.2, 0) is 4.79 Å². The number of nitrogens with zero attached hydrogens (tertiary/aromatic N) is 4. The molecule has 0 fully saturated rings. The molecule has 0 spiro atoms. The fourth-order valence-electron chi connectivity index (χ4n) is 2.65. The molecule has 4 rings (SSSR count). The van der Waals surface area contributed by atoms with Crippen LogP contribution in [0.25, 0.3) is 11.8 Å². The Morgan fingerprint density at radius 2 is 2.15 bits per heavy atom. The minimum Gasteiger partial charge on any atom is -0.317 e. The summed E-state index contributed by atoms with van der Waals surface area (Å²) in [6.07, 6.45) is 5.43. The maximum absolute atomic E-state index is 12.4. The van der Waals surface area contributed by atoms with Crippen LogP contribution in [0.2, 0.25) is 5.02 Å². The third-order valence-electron chi connectivity index (χ3n) is 3.84. The van der Waals surface area contributed by atoms with Gasteiger partial charge in [0.05, 0.1) is 17.5 Å². The van der Waals surface area contributed by atoms with Gasteiger partial charge < -0.3 is 4.57 Å². The number of aromatic nitrogens is 1. The number of carbonyl (C=O) groups excluding carboxylic acids is 1. The molecule has 0 radical (unpaired) electrons. The second kappa shape index (κ2) is 6.79. The van der Waals surface area contributed by atoms with Crippen LogP contribution in [0, 0.1) is 5.41 Å². The topological polar surface area (TPSA) is 73.8 Å². The molecule has 2 aromatic rings. The zero-order valence-electron chi connectivity index (χ0n) is 13.5. The van der Waals surface area contributed by atoms with Crippen molar-refractivity contribution in [3.05, 3.63) is 58.9 Å². The molecule has 26 heavy (non-hydrogen) atoms. The minimum atomic E-state index is -0.440. The lowest BCUT2D eigenvalue weighted by molar-refractivity contribution is -0.114. The Morgan fingerprint density at radius 1 is 1.31 bits per heavy atom. The fraction of sp³-hybridized carbons (Fsp3) is 0.0588. The Labute approximate surface area is 163 Å². The van der Waals surface area contributed by atoms with E-state index in [-0.39, 0.29) is 11.4 Å². The third kappa shape index (κ3) is 2.90. The van der Waals surface area contributed by atoms with Crippen LogP contribution in [0.4, 0.5) is 0 Å². The first kappa shape index (κ1) is 17.1. The molecule has 0 saturated heterocycles.